The zero-order valence-corrected chi connectivity index (χ0v) is 6.70. The van der Waals surface area contributed by atoms with Gasteiger partial charge in [-0.2, -0.15) is 0 Å². The van der Waals surface area contributed by atoms with Crippen LogP contribution in [0.15, 0.2) is 0 Å². The maximum Gasteiger partial charge on any atom is 0.248 e. The average molecular weight is 148 g/mol. The highest BCUT2D eigenvalue weighted by atomic mass is 19.3. The minimum Gasteiger partial charge on any atom is -0.207 e. The molecule has 0 heterocycles. The molecule has 1 fully saturated rings. The van der Waals surface area contributed by atoms with Crippen molar-refractivity contribution in [1.82, 2.24) is 0 Å². The van der Waals surface area contributed by atoms with Gasteiger partial charge in [-0.1, -0.05) is 13.8 Å². The molecule has 0 radical (unpaired) electrons. The number of alkyl halides is 2. The van der Waals surface area contributed by atoms with Crippen LogP contribution in [0.2, 0.25) is 0 Å². The fraction of sp³-hybridized carbons (Fsp3) is 1.00. The lowest BCUT2D eigenvalue weighted by molar-refractivity contribution is -0.00963. The number of rotatable bonds is 2. The highest BCUT2D eigenvalue weighted by Gasteiger charge is 2.52. The minimum atomic E-state index is -2.44. The van der Waals surface area contributed by atoms with Crippen LogP contribution < -0.4 is 0 Å². The highest BCUT2D eigenvalue weighted by molar-refractivity contribution is 4.95. The Morgan fingerprint density at radius 3 is 2.00 bits per heavy atom. The van der Waals surface area contributed by atoms with E-state index in [4.69, 9.17) is 0 Å². The maximum atomic E-state index is 12.5. The van der Waals surface area contributed by atoms with Crippen molar-refractivity contribution in [3.8, 4) is 0 Å². The molecule has 1 saturated carbocycles. The van der Waals surface area contributed by atoms with E-state index in [1.807, 2.05) is 13.8 Å². The summed E-state index contributed by atoms with van der Waals surface area (Å²) in [5.74, 6) is -2.06. The van der Waals surface area contributed by atoms with E-state index in [-0.39, 0.29) is 11.8 Å². The summed E-state index contributed by atoms with van der Waals surface area (Å²) < 4.78 is 25.0. The molecule has 2 heteroatoms. The summed E-state index contributed by atoms with van der Waals surface area (Å²) in [7, 11) is 0. The molecule has 60 valence electrons. The summed E-state index contributed by atoms with van der Waals surface area (Å²) in [6.45, 7) is 5.05. The van der Waals surface area contributed by atoms with Crippen molar-refractivity contribution in [3.63, 3.8) is 0 Å². The van der Waals surface area contributed by atoms with E-state index in [1.54, 1.807) is 0 Å². The first-order chi connectivity index (χ1) is 4.43. The summed E-state index contributed by atoms with van der Waals surface area (Å²) in [5.41, 5.74) is 0. The summed E-state index contributed by atoms with van der Waals surface area (Å²) in [6, 6.07) is 0. The van der Waals surface area contributed by atoms with Crippen LogP contribution in [0.4, 0.5) is 8.78 Å². The van der Waals surface area contributed by atoms with Gasteiger partial charge in [-0.15, -0.1) is 0 Å². The lowest BCUT2D eigenvalue weighted by atomic mass is 10.1. The lowest BCUT2D eigenvalue weighted by Crippen LogP contribution is -2.15. The van der Waals surface area contributed by atoms with E-state index < -0.39 is 5.92 Å². The van der Waals surface area contributed by atoms with Gasteiger partial charge < -0.3 is 0 Å². The third kappa shape index (κ3) is 1.47. The average Bonchev–Trinajstić information content (AvgIpc) is 2.35. The van der Waals surface area contributed by atoms with Crippen molar-refractivity contribution in [2.45, 2.75) is 33.1 Å². The molecule has 0 spiro atoms. The van der Waals surface area contributed by atoms with Crippen molar-refractivity contribution in [1.29, 1.82) is 0 Å². The second-order valence-corrected chi connectivity index (χ2v) is 3.71. The van der Waals surface area contributed by atoms with Gasteiger partial charge in [0.05, 0.1) is 0 Å². The Labute approximate surface area is 60.6 Å². The zero-order valence-electron chi connectivity index (χ0n) is 6.70. The van der Waals surface area contributed by atoms with Gasteiger partial charge in [0.15, 0.2) is 0 Å². The quantitative estimate of drug-likeness (QED) is 0.564. The Morgan fingerprint density at radius 1 is 1.40 bits per heavy atom. The number of halogens is 2. The van der Waals surface area contributed by atoms with Crippen LogP contribution in [-0.4, -0.2) is 5.92 Å². The summed E-state index contributed by atoms with van der Waals surface area (Å²) in [5, 5.41) is 0. The topological polar surface area (TPSA) is 0 Å². The standard InChI is InChI=1S/C8H14F2/c1-5(2)6-4-7(6)8(3,9)10/h5-7H,4H2,1-3H3. The van der Waals surface area contributed by atoms with Crippen LogP contribution in [0.3, 0.4) is 0 Å². The van der Waals surface area contributed by atoms with E-state index in [2.05, 4.69) is 0 Å². The minimum absolute atomic E-state index is 0.278. The molecule has 0 N–H and O–H groups in total. The summed E-state index contributed by atoms with van der Waals surface area (Å²) >= 11 is 0. The van der Waals surface area contributed by atoms with E-state index in [1.165, 1.54) is 0 Å². The van der Waals surface area contributed by atoms with Gasteiger partial charge in [0.1, 0.15) is 0 Å². The third-order valence-electron chi connectivity index (χ3n) is 2.35. The molecule has 2 atom stereocenters. The van der Waals surface area contributed by atoms with E-state index in [0.29, 0.717) is 5.92 Å². The zero-order chi connectivity index (χ0) is 7.94. The van der Waals surface area contributed by atoms with Crippen molar-refractivity contribution in [2.75, 3.05) is 0 Å². The van der Waals surface area contributed by atoms with Gasteiger partial charge in [0, 0.05) is 5.92 Å². The molecule has 1 rings (SSSR count). The Hall–Kier alpha value is -0.140. The molecule has 0 amide bonds. The van der Waals surface area contributed by atoms with Crippen LogP contribution in [0.1, 0.15) is 27.2 Å². The van der Waals surface area contributed by atoms with Gasteiger partial charge in [-0.25, -0.2) is 8.78 Å². The fourth-order valence-corrected chi connectivity index (χ4v) is 1.53. The van der Waals surface area contributed by atoms with Crippen LogP contribution in [-0.2, 0) is 0 Å². The van der Waals surface area contributed by atoms with Gasteiger partial charge in [-0.3, -0.25) is 0 Å². The first-order valence-electron chi connectivity index (χ1n) is 3.80. The Morgan fingerprint density at radius 2 is 1.90 bits per heavy atom. The number of hydrogen-bond donors (Lipinski definition) is 0. The molecule has 0 aromatic heterocycles. The van der Waals surface area contributed by atoms with E-state index in [9.17, 15) is 8.78 Å². The Bertz CT molecular complexity index is 124. The maximum absolute atomic E-state index is 12.5. The largest absolute Gasteiger partial charge is 0.248 e. The molecule has 0 nitrogen and oxygen atoms in total. The Kier molecular flexibility index (Phi) is 1.73. The fourth-order valence-electron chi connectivity index (χ4n) is 1.53. The molecule has 0 bridgehead atoms. The molecule has 0 aromatic carbocycles. The smallest absolute Gasteiger partial charge is 0.207 e. The van der Waals surface area contributed by atoms with Crippen LogP contribution in [0.25, 0.3) is 0 Å². The van der Waals surface area contributed by atoms with Crippen LogP contribution >= 0.6 is 0 Å². The summed E-state index contributed by atoms with van der Waals surface area (Å²) in [6.07, 6.45) is 0.723. The van der Waals surface area contributed by atoms with Crippen molar-refractivity contribution < 1.29 is 8.78 Å². The first-order valence-corrected chi connectivity index (χ1v) is 3.80. The van der Waals surface area contributed by atoms with Gasteiger partial charge in [-0.05, 0) is 25.2 Å². The summed E-state index contributed by atoms with van der Waals surface area (Å²) in [4.78, 5) is 0. The van der Waals surface area contributed by atoms with Crippen molar-refractivity contribution >= 4 is 0 Å². The monoisotopic (exact) mass is 148 g/mol. The predicted octanol–water partition coefficient (Wildman–Crippen LogP) is 2.93. The predicted molar refractivity (Wildman–Crippen MR) is 37.1 cm³/mol. The second kappa shape index (κ2) is 2.18. The molecular weight excluding hydrogens is 134 g/mol. The third-order valence-corrected chi connectivity index (χ3v) is 2.35. The van der Waals surface area contributed by atoms with Gasteiger partial charge in [0.2, 0.25) is 5.92 Å². The number of hydrogen-bond acceptors (Lipinski definition) is 0. The normalized spacial score (nSPS) is 33.0. The highest BCUT2D eigenvalue weighted by Crippen LogP contribution is 2.52. The first kappa shape index (κ1) is 7.96. The molecule has 0 saturated heterocycles. The van der Waals surface area contributed by atoms with E-state index >= 15 is 0 Å². The second-order valence-electron chi connectivity index (χ2n) is 3.71. The van der Waals surface area contributed by atoms with E-state index in [0.717, 1.165) is 13.3 Å². The molecule has 1 aliphatic rings. The molecular formula is C8H14F2. The SMILES string of the molecule is CC(C)C1CC1C(C)(F)F. The van der Waals surface area contributed by atoms with Crippen LogP contribution in [0, 0.1) is 17.8 Å². The molecule has 0 aromatic rings. The molecule has 2 unspecified atom stereocenters. The van der Waals surface area contributed by atoms with Gasteiger partial charge in [0.25, 0.3) is 0 Å². The van der Waals surface area contributed by atoms with Crippen molar-refractivity contribution in [3.05, 3.63) is 0 Å². The van der Waals surface area contributed by atoms with Crippen LogP contribution in [0.5, 0.6) is 0 Å². The Balaban J connectivity index is 2.39. The molecule has 10 heavy (non-hydrogen) atoms. The van der Waals surface area contributed by atoms with Gasteiger partial charge >= 0.3 is 0 Å². The van der Waals surface area contributed by atoms with Crippen molar-refractivity contribution in [2.24, 2.45) is 17.8 Å². The molecule has 1 aliphatic carbocycles. The lowest BCUT2D eigenvalue weighted by Gasteiger charge is -2.10. The molecule has 0 aliphatic heterocycles.